The number of carbonyl (C=O) groups is 2. The molecular weight excluding hydrogens is 728 g/mol. The van der Waals surface area contributed by atoms with E-state index in [-0.39, 0.29) is 11.7 Å². The number of carboxylic acid groups (broad SMARTS) is 1. The average Bonchev–Trinajstić information content (AvgIpc) is 3.89. The molecule has 0 spiro atoms. The number of esters is 1. The maximum atomic E-state index is 11.9. The molecule has 0 saturated carbocycles. The Bertz CT molecular complexity index is 2250. The molecule has 15 heteroatoms. The van der Waals surface area contributed by atoms with Crippen LogP contribution in [-0.2, 0) is 38.4 Å². The zero-order valence-corrected chi connectivity index (χ0v) is 30.2. The van der Waals surface area contributed by atoms with Crippen LogP contribution in [0.5, 0.6) is 28.7 Å². The quantitative estimate of drug-likeness (QED) is 0.108. The number of rotatable bonds is 9. The van der Waals surface area contributed by atoms with Crippen molar-refractivity contribution in [2.75, 3.05) is 20.3 Å². The molecule has 0 aliphatic carbocycles. The number of hydrogen-bond acceptors (Lipinski definition) is 12. The highest BCUT2D eigenvalue weighted by Gasteiger charge is 2.50. The maximum absolute atomic E-state index is 11.9. The molecule has 3 aromatic carbocycles. The van der Waals surface area contributed by atoms with Crippen LogP contribution in [0, 0.1) is 0 Å². The average molecular weight is 769 g/mol. The molecule has 8 atom stereocenters. The fraction of sp³-hybridized carbons (Fsp3) is 0.366. The van der Waals surface area contributed by atoms with E-state index < -0.39 is 67.9 Å². The molecule has 56 heavy (non-hydrogen) atoms. The van der Waals surface area contributed by atoms with Crippen LogP contribution in [0.3, 0.4) is 0 Å². The Hall–Kier alpha value is -5.74. The lowest BCUT2D eigenvalue weighted by Crippen LogP contribution is -2.60. The summed E-state index contributed by atoms with van der Waals surface area (Å²) in [5.74, 6) is -0.295. The fourth-order valence-electron chi connectivity index (χ4n) is 8.21. The summed E-state index contributed by atoms with van der Waals surface area (Å²) in [5, 5.41) is 42.4. The molecule has 1 saturated heterocycles. The van der Waals surface area contributed by atoms with Crippen molar-refractivity contribution in [3.8, 4) is 28.7 Å². The summed E-state index contributed by atoms with van der Waals surface area (Å²) in [4.78, 5) is 26.1. The number of aromatic nitrogens is 2. The molecule has 1 fully saturated rings. The molecule has 7 aliphatic heterocycles. The molecule has 5 N–H and O–H groups in total. The predicted octanol–water partition coefficient (Wildman–Crippen LogP) is 3.39. The van der Waals surface area contributed by atoms with Crippen LogP contribution in [-0.4, -0.2) is 99.0 Å². The summed E-state index contributed by atoms with van der Waals surface area (Å²) in [6.45, 7) is 0.235. The van der Waals surface area contributed by atoms with Gasteiger partial charge in [0.05, 0.1) is 25.2 Å². The fourth-order valence-corrected chi connectivity index (χ4v) is 8.21. The first-order valence-electron chi connectivity index (χ1n) is 18.4. The molecule has 15 nitrogen and oxygen atoms in total. The van der Waals surface area contributed by atoms with Gasteiger partial charge >= 0.3 is 11.9 Å². The van der Waals surface area contributed by atoms with E-state index in [1.165, 1.54) is 0 Å². The van der Waals surface area contributed by atoms with E-state index in [0.29, 0.717) is 49.0 Å². The lowest BCUT2D eigenvalue weighted by molar-refractivity contribution is -0.278. The van der Waals surface area contributed by atoms with Gasteiger partial charge in [-0.05, 0) is 34.9 Å². The van der Waals surface area contributed by atoms with E-state index in [9.17, 15) is 24.9 Å². The predicted molar refractivity (Wildman–Crippen MR) is 195 cm³/mol. The SMILES string of the molecule is COc1c2ccc3c1OC1c4c(Cn5cc6cc[nH]c6c5)cc(OC5OC(COC(=O)CC(=O)O)C(O)C(O)C5O)cc4OC(Cc4ccc(cc4)CCO2)C31. The highest BCUT2D eigenvalue weighted by atomic mass is 16.7. The van der Waals surface area contributed by atoms with Gasteiger partial charge in [-0.15, -0.1) is 0 Å². The topological polar surface area (TPSA) is 200 Å². The van der Waals surface area contributed by atoms with Gasteiger partial charge in [-0.1, -0.05) is 30.3 Å². The molecule has 5 aromatic rings. The van der Waals surface area contributed by atoms with Gasteiger partial charge in [-0.3, -0.25) is 9.59 Å². The number of nitrogens with zero attached hydrogens (tertiary/aromatic N) is 1. The van der Waals surface area contributed by atoms with Crippen molar-refractivity contribution < 1.29 is 63.2 Å². The van der Waals surface area contributed by atoms with Crippen molar-refractivity contribution >= 4 is 22.8 Å². The highest BCUT2D eigenvalue weighted by molar-refractivity contribution is 5.90. The minimum Gasteiger partial charge on any atom is -0.490 e. The summed E-state index contributed by atoms with van der Waals surface area (Å²) >= 11 is 0. The summed E-state index contributed by atoms with van der Waals surface area (Å²) in [6, 6.07) is 17.8. The molecule has 12 rings (SSSR count). The summed E-state index contributed by atoms with van der Waals surface area (Å²) in [5.41, 5.74) is 5.67. The van der Waals surface area contributed by atoms with E-state index in [1.807, 2.05) is 41.4 Å². The second-order valence-electron chi connectivity index (χ2n) is 14.5. The molecule has 0 amide bonds. The number of nitrogens with one attached hydrogen (secondary N) is 1. The Kier molecular flexibility index (Phi) is 9.24. The molecule has 6 bridgehead atoms. The molecule has 292 valence electrons. The van der Waals surface area contributed by atoms with Crippen LogP contribution in [0.1, 0.15) is 46.3 Å². The molecule has 2 aromatic heterocycles. The number of methoxy groups -OCH3 is 1. The van der Waals surface area contributed by atoms with Gasteiger partial charge in [0, 0.05) is 60.6 Å². The first kappa shape index (κ1) is 35.9. The number of benzene rings is 3. The maximum Gasteiger partial charge on any atom is 0.317 e. The summed E-state index contributed by atoms with van der Waals surface area (Å²) in [6.07, 6.45) is -2.63. The van der Waals surface area contributed by atoms with E-state index in [2.05, 4.69) is 29.2 Å². The van der Waals surface area contributed by atoms with Crippen LogP contribution < -0.4 is 23.7 Å². The van der Waals surface area contributed by atoms with E-state index in [1.54, 1.807) is 19.2 Å². The van der Waals surface area contributed by atoms with Gasteiger partial charge in [0.15, 0.2) is 11.5 Å². The van der Waals surface area contributed by atoms with Crippen molar-refractivity contribution in [3.05, 3.63) is 101 Å². The van der Waals surface area contributed by atoms with Crippen molar-refractivity contribution in [1.29, 1.82) is 0 Å². The first-order chi connectivity index (χ1) is 27.1. The van der Waals surface area contributed by atoms with Gasteiger partial charge in [0.25, 0.3) is 0 Å². The van der Waals surface area contributed by atoms with Crippen LogP contribution >= 0.6 is 0 Å². The number of ether oxygens (including phenoxy) is 7. The molecule has 0 radical (unpaired) electrons. The van der Waals surface area contributed by atoms with Crippen LogP contribution in [0.15, 0.2) is 73.2 Å². The van der Waals surface area contributed by atoms with E-state index in [4.69, 9.17) is 38.3 Å². The second kappa shape index (κ2) is 14.4. The van der Waals surface area contributed by atoms with Crippen molar-refractivity contribution in [2.24, 2.45) is 0 Å². The number of carbonyl (C=O) groups excluding carboxylic acids is 1. The number of aliphatic hydroxyl groups excluding tert-OH is 3. The molecule has 9 heterocycles. The van der Waals surface area contributed by atoms with Crippen LogP contribution in [0.25, 0.3) is 10.9 Å². The van der Waals surface area contributed by atoms with Crippen molar-refractivity contribution in [2.45, 2.75) is 74.6 Å². The minimum absolute atomic E-state index is 0.224. The Labute approximate surface area is 319 Å². The summed E-state index contributed by atoms with van der Waals surface area (Å²) in [7, 11) is 1.60. The Balaban J connectivity index is 1.11. The largest absolute Gasteiger partial charge is 0.490 e. The standard InChI is InChI=1S/C41H40N2O13/c1-50-39-27-7-6-25-34-28(12-21-4-2-20(3-5-21)9-11-51-27)54-29-14-24(53-41-37(49)36(48)35(47)30(55-41)19-52-32(46)15-31(44)45)13-23(33(29)40(34)56-38(25)39)17-43-16-22-8-10-42-26(22)18-43/h2-8,10,13-14,16,18,28,30,34-37,40-42,47-49H,9,11-12,15,17,19H2,1H3,(H,44,45). The monoisotopic (exact) mass is 768 g/mol. The van der Waals surface area contributed by atoms with Gasteiger partial charge < -0.3 is 63.1 Å². The van der Waals surface area contributed by atoms with Crippen LogP contribution in [0.4, 0.5) is 0 Å². The number of aliphatic hydroxyl groups is 3. The minimum atomic E-state index is -1.74. The number of H-pyrrole nitrogens is 1. The van der Waals surface area contributed by atoms with Gasteiger partial charge in [0.1, 0.15) is 61.2 Å². The van der Waals surface area contributed by atoms with Gasteiger partial charge in [0.2, 0.25) is 12.0 Å². The zero-order valence-electron chi connectivity index (χ0n) is 30.2. The van der Waals surface area contributed by atoms with Crippen molar-refractivity contribution in [3.63, 3.8) is 0 Å². The van der Waals surface area contributed by atoms with E-state index >= 15 is 0 Å². The smallest absolute Gasteiger partial charge is 0.317 e. The molecular formula is C41H40N2O13. The number of hydrogen-bond donors (Lipinski definition) is 5. The normalized spacial score (nSPS) is 26.1. The lowest BCUT2D eigenvalue weighted by Gasteiger charge is -2.40. The Morgan fingerprint density at radius 2 is 1.77 bits per heavy atom. The number of aliphatic carboxylic acids is 1. The third kappa shape index (κ3) is 6.55. The first-order valence-corrected chi connectivity index (χ1v) is 18.4. The second-order valence-corrected chi connectivity index (χ2v) is 14.5. The highest BCUT2D eigenvalue weighted by Crippen LogP contribution is 2.59. The third-order valence-corrected chi connectivity index (χ3v) is 10.9. The van der Waals surface area contributed by atoms with Gasteiger partial charge in [-0.25, -0.2) is 0 Å². The number of fused-ring (bicyclic) bond motifs is 3. The zero-order chi connectivity index (χ0) is 38.7. The van der Waals surface area contributed by atoms with Gasteiger partial charge in [-0.2, -0.15) is 0 Å². The third-order valence-electron chi connectivity index (χ3n) is 10.9. The van der Waals surface area contributed by atoms with Crippen LogP contribution in [0.2, 0.25) is 0 Å². The number of carboxylic acids is 1. The van der Waals surface area contributed by atoms with Crippen molar-refractivity contribution in [1.82, 2.24) is 9.55 Å². The molecule has 7 aliphatic rings. The van der Waals surface area contributed by atoms with E-state index in [0.717, 1.165) is 38.7 Å². The lowest BCUT2D eigenvalue weighted by atomic mass is 9.80. The Morgan fingerprint density at radius 1 is 0.946 bits per heavy atom. The summed E-state index contributed by atoms with van der Waals surface area (Å²) < 4.78 is 45.2. The molecule has 8 unspecified atom stereocenters. The number of aromatic amines is 1. The Morgan fingerprint density at radius 3 is 2.55 bits per heavy atom.